The van der Waals surface area contributed by atoms with Crippen molar-refractivity contribution >= 4 is 0 Å². The molecule has 3 atom stereocenters. The third kappa shape index (κ3) is 4.23. The summed E-state index contributed by atoms with van der Waals surface area (Å²) in [5, 5.41) is 10.1. The van der Waals surface area contributed by atoms with Gasteiger partial charge in [0.25, 0.3) is 0 Å². The van der Waals surface area contributed by atoms with Gasteiger partial charge in [0.15, 0.2) is 0 Å². The van der Waals surface area contributed by atoms with Crippen LogP contribution in [0.15, 0.2) is 102 Å². The van der Waals surface area contributed by atoms with E-state index in [1.807, 2.05) is 24.3 Å². The number of fused-ring (bicyclic) bond motifs is 1. The predicted octanol–water partition coefficient (Wildman–Crippen LogP) is 7.49. The lowest BCUT2D eigenvalue weighted by atomic mass is 9.66. The van der Waals surface area contributed by atoms with Gasteiger partial charge in [0.1, 0.15) is 12.4 Å². The van der Waals surface area contributed by atoms with Crippen molar-refractivity contribution in [3.63, 3.8) is 0 Å². The van der Waals surface area contributed by atoms with E-state index in [1.165, 1.54) is 27.8 Å². The summed E-state index contributed by atoms with van der Waals surface area (Å²) in [6.07, 6.45) is 6.94. The maximum absolute atomic E-state index is 10.1. The van der Waals surface area contributed by atoms with E-state index in [0.29, 0.717) is 30.1 Å². The minimum atomic E-state index is 0.323. The molecule has 3 aromatic rings. The molecule has 3 aromatic carbocycles. The molecule has 2 aliphatic carbocycles. The van der Waals surface area contributed by atoms with Gasteiger partial charge in [-0.1, -0.05) is 85.3 Å². The highest BCUT2D eigenvalue weighted by Crippen LogP contribution is 2.50. The monoisotopic (exact) mass is 422 g/mol. The number of aliphatic hydroxyl groups is 1. The Morgan fingerprint density at radius 3 is 2.41 bits per heavy atom. The van der Waals surface area contributed by atoms with Crippen LogP contribution in [0.3, 0.4) is 0 Å². The normalized spacial score (nSPS) is 22.5. The molecule has 1 N–H and O–H groups in total. The molecular formula is C30H30O2. The molecule has 0 bridgehead atoms. The Morgan fingerprint density at radius 1 is 0.906 bits per heavy atom. The van der Waals surface area contributed by atoms with Crippen LogP contribution < -0.4 is 4.74 Å². The molecule has 5 rings (SSSR count). The Labute approximate surface area is 190 Å². The summed E-state index contributed by atoms with van der Waals surface area (Å²) >= 11 is 0. The van der Waals surface area contributed by atoms with Gasteiger partial charge in [-0.05, 0) is 65.1 Å². The molecule has 2 aliphatic rings. The molecule has 2 heteroatoms. The summed E-state index contributed by atoms with van der Waals surface area (Å²) in [5.41, 5.74) is 6.81. The van der Waals surface area contributed by atoms with Crippen molar-refractivity contribution in [3.8, 4) is 5.75 Å². The Balaban J connectivity index is 1.49. The van der Waals surface area contributed by atoms with Crippen LogP contribution in [0.5, 0.6) is 5.75 Å². The van der Waals surface area contributed by atoms with Crippen molar-refractivity contribution < 1.29 is 9.84 Å². The highest BCUT2D eigenvalue weighted by molar-refractivity contribution is 5.48. The summed E-state index contributed by atoms with van der Waals surface area (Å²) in [7, 11) is 0. The molecule has 2 nitrogen and oxygen atoms in total. The molecule has 1 unspecified atom stereocenters. The van der Waals surface area contributed by atoms with E-state index in [2.05, 4.69) is 73.7 Å². The Hall–Kier alpha value is -3.26. The molecule has 0 aromatic heterocycles. The summed E-state index contributed by atoms with van der Waals surface area (Å²) in [6.45, 7) is 2.82. The molecular weight excluding hydrogens is 392 g/mol. The van der Waals surface area contributed by atoms with Crippen molar-refractivity contribution in [3.05, 3.63) is 125 Å². The van der Waals surface area contributed by atoms with Crippen LogP contribution in [0.4, 0.5) is 0 Å². The Kier molecular flexibility index (Phi) is 5.85. The zero-order valence-electron chi connectivity index (χ0n) is 18.6. The number of ether oxygens (including phenoxy) is 1. The first-order valence-corrected chi connectivity index (χ1v) is 11.6. The Bertz CT molecular complexity index is 1130. The van der Waals surface area contributed by atoms with Gasteiger partial charge in [0.2, 0.25) is 0 Å². The lowest BCUT2D eigenvalue weighted by Gasteiger charge is -2.38. The van der Waals surface area contributed by atoms with Gasteiger partial charge in [-0.15, -0.1) is 0 Å². The first-order valence-electron chi connectivity index (χ1n) is 11.6. The zero-order valence-corrected chi connectivity index (χ0v) is 18.6. The van der Waals surface area contributed by atoms with Gasteiger partial charge in [0, 0.05) is 12.3 Å². The smallest absolute Gasteiger partial charge is 0.120 e. The molecule has 0 amide bonds. The van der Waals surface area contributed by atoms with Crippen LogP contribution in [-0.2, 0) is 13.0 Å². The van der Waals surface area contributed by atoms with E-state index in [-0.39, 0.29) is 0 Å². The van der Waals surface area contributed by atoms with Crippen molar-refractivity contribution in [1.82, 2.24) is 0 Å². The third-order valence-electron chi connectivity index (χ3n) is 6.96. The lowest BCUT2D eigenvalue weighted by Crippen LogP contribution is -2.24. The number of hydrogen-bond donors (Lipinski definition) is 1. The van der Waals surface area contributed by atoms with Crippen molar-refractivity contribution in [1.29, 1.82) is 0 Å². The first-order chi connectivity index (χ1) is 15.7. The minimum absolute atomic E-state index is 0.323. The van der Waals surface area contributed by atoms with Gasteiger partial charge in [-0.25, -0.2) is 0 Å². The van der Waals surface area contributed by atoms with Crippen LogP contribution in [0.2, 0.25) is 0 Å². The predicted molar refractivity (Wildman–Crippen MR) is 130 cm³/mol. The number of hydrogen-bond acceptors (Lipinski definition) is 2. The third-order valence-corrected chi connectivity index (χ3v) is 6.96. The van der Waals surface area contributed by atoms with Crippen molar-refractivity contribution in [2.45, 2.75) is 44.6 Å². The zero-order chi connectivity index (χ0) is 21.9. The lowest BCUT2D eigenvalue weighted by molar-refractivity contribution is 0.305. The molecule has 0 saturated carbocycles. The van der Waals surface area contributed by atoms with E-state index in [4.69, 9.17) is 4.74 Å². The van der Waals surface area contributed by atoms with Crippen LogP contribution in [0.1, 0.15) is 53.9 Å². The van der Waals surface area contributed by atoms with Crippen molar-refractivity contribution in [2.75, 3.05) is 0 Å². The molecule has 0 saturated heterocycles. The first kappa shape index (κ1) is 20.6. The van der Waals surface area contributed by atoms with Gasteiger partial charge in [0.05, 0.1) is 5.76 Å². The fraction of sp³-hybridized carbons (Fsp3) is 0.267. The molecule has 0 radical (unpaired) electrons. The molecule has 162 valence electrons. The second kappa shape index (κ2) is 9.08. The van der Waals surface area contributed by atoms with E-state index >= 15 is 0 Å². The van der Waals surface area contributed by atoms with E-state index in [0.717, 1.165) is 25.0 Å². The SMILES string of the molecule is CC1CC(O)=CC=C1[C@@H]1c2ccc(OCc3ccccc3)cc2CC[C@@H]1c1ccccc1. The van der Waals surface area contributed by atoms with Crippen molar-refractivity contribution in [2.24, 2.45) is 5.92 Å². The van der Waals surface area contributed by atoms with E-state index < -0.39 is 0 Å². The molecule has 0 spiro atoms. The van der Waals surface area contributed by atoms with Gasteiger partial charge in [-0.2, -0.15) is 0 Å². The molecule has 32 heavy (non-hydrogen) atoms. The Morgan fingerprint density at radius 2 is 1.66 bits per heavy atom. The minimum Gasteiger partial charge on any atom is -0.512 e. The standard InChI is InChI=1S/C30H30O2/c1-21-18-25(31)13-16-27(21)30-28(23-10-6-3-7-11-23)15-12-24-19-26(14-17-29(24)30)32-20-22-8-4-2-5-9-22/h2-11,13-14,16-17,19,21,28,30-31H,12,15,18,20H2,1H3/t21?,28-,30+/m1/s1. The summed E-state index contributed by atoms with van der Waals surface area (Å²) < 4.78 is 6.13. The summed E-state index contributed by atoms with van der Waals surface area (Å²) in [4.78, 5) is 0. The van der Waals surface area contributed by atoms with E-state index in [1.54, 1.807) is 0 Å². The number of aryl methyl sites for hydroxylation is 1. The second-order valence-electron chi connectivity index (χ2n) is 9.10. The quantitative estimate of drug-likeness (QED) is 0.461. The van der Waals surface area contributed by atoms with E-state index in [9.17, 15) is 5.11 Å². The van der Waals surface area contributed by atoms with Crippen LogP contribution in [0, 0.1) is 5.92 Å². The summed E-state index contributed by atoms with van der Waals surface area (Å²) in [5.74, 6) is 2.52. The fourth-order valence-corrected chi connectivity index (χ4v) is 5.36. The maximum Gasteiger partial charge on any atom is 0.120 e. The fourth-order valence-electron chi connectivity index (χ4n) is 5.36. The average Bonchev–Trinajstić information content (AvgIpc) is 2.83. The number of allylic oxidation sites excluding steroid dienone is 4. The molecule has 0 heterocycles. The van der Waals surface area contributed by atoms with Gasteiger partial charge in [-0.3, -0.25) is 0 Å². The van der Waals surface area contributed by atoms with Crippen LogP contribution in [0.25, 0.3) is 0 Å². The average molecular weight is 423 g/mol. The van der Waals surface area contributed by atoms with Crippen LogP contribution >= 0.6 is 0 Å². The molecule has 0 aliphatic heterocycles. The van der Waals surface area contributed by atoms with Gasteiger partial charge >= 0.3 is 0 Å². The van der Waals surface area contributed by atoms with Crippen LogP contribution in [-0.4, -0.2) is 5.11 Å². The summed E-state index contributed by atoms with van der Waals surface area (Å²) in [6, 6.07) is 27.9. The second-order valence-corrected chi connectivity index (χ2v) is 9.10. The maximum atomic E-state index is 10.1. The largest absolute Gasteiger partial charge is 0.512 e. The van der Waals surface area contributed by atoms with Gasteiger partial charge < -0.3 is 9.84 Å². The highest BCUT2D eigenvalue weighted by Gasteiger charge is 2.35. The highest BCUT2D eigenvalue weighted by atomic mass is 16.5. The molecule has 0 fully saturated rings. The number of aliphatic hydroxyl groups excluding tert-OH is 1. The number of benzene rings is 3. The topological polar surface area (TPSA) is 29.5 Å². The number of rotatable bonds is 5.